The van der Waals surface area contributed by atoms with Crippen molar-refractivity contribution in [3.05, 3.63) is 98.4 Å². The summed E-state index contributed by atoms with van der Waals surface area (Å²) in [7, 11) is 0. The van der Waals surface area contributed by atoms with Crippen molar-refractivity contribution < 1.29 is 18.0 Å². The van der Waals surface area contributed by atoms with E-state index in [2.05, 4.69) is 19.9 Å². The molecule has 0 radical (unpaired) electrons. The highest BCUT2D eigenvalue weighted by Gasteiger charge is 2.33. The van der Waals surface area contributed by atoms with Crippen LogP contribution in [0.1, 0.15) is 22.3 Å². The van der Waals surface area contributed by atoms with Crippen molar-refractivity contribution in [3.8, 4) is 0 Å². The lowest BCUT2D eigenvalue weighted by Crippen LogP contribution is -2.33. The minimum absolute atomic E-state index is 0.0106. The Morgan fingerprint density at radius 3 is 2.62 bits per heavy atom. The third kappa shape index (κ3) is 5.62. The highest BCUT2D eigenvalue weighted by atomic mass is 35.5. The van der Waals surface area contributed by atoms with E-state index in [1.807, 2.05) is 62.4 Å². The van der Waals surface area contributed by atoms with Crippen LogP contribution >= 0.6 is 23.5 Å². The third-order valence-electron chi connectivity index (χ3n) is 6.27. The molecule has 2 aliphatic rings. The fourth-order valence-electron chi connectivity index (χ4n) is 4.37. The van der Waals surface area contributed by atoms with Crippen LogP contribution in [0, 0.1) is 13.8 Å². The number of amides is 2. The maximum absolute atomic E-state index is 13.0. The molecule has 1 aliphatic heterocycles. The Bertz CT molecular complexity index is 1660. The van der Waals surface area contributed by atoms with E-state index in [9.17, 15) is 18.0 Å². The van der Waals surface area contributed by atoms with Gasteiger partial charge in [0.25, 0.3) is 0 Å². The lowest BCUT2D eigenvalue weighted by Gasteiger charge is -2.25. The van der Waals surface area contributed by atoms with Crippen LogP contribution in [0.3, 0.4) is 0 Å². The van der Waals surface area contributed by atoms with Gasteiger partial charge in [0.15, 0.2) is 0 Å². The van der Waals surface area contributed by atoms with Crippen molar-refractivity contribution in [1.29, 1.82) is 0 Å². The zero-order chi connectivity index (χ0) is 27.7. The standard InChI is InChI=1S/C28H21ClF3N5OS/c1-16-4-3-5-17(2)26(16)39-36-27(38)35-34-14-18-6-9-21-19(12-18)7-10-24-25(21)33-15-37(24)23-11-8-20(13-22(23)29)28(30,31)32/h3-15,24H,1-2H3,(H,36,38)/b18-14+,35-34-. The molecule has 39 heavy (non-hydrogen) atoms. The number of halogens is 4. The monoisotopic (exact) mass is 567 g/mol. The molecule has 3 aromatic carbocycles. The Kier molecular flexibility index (Phi) is 7.33. The van der Waals surface area contributed by atoms with Crippen molar-refractivity contribution in [2.24, 2.45) is 15.2 Å². The van der Waals surface area contributed by atoms with Gasteiger partial charge >= 0.3 is 12.2 Å². The van der Waals surface area contributed by atoms with Crippen molar-refractivity contribution in [2.75, 3.05) is 4.90 Å². The molecule has 198 valence electrons. The number of aliphatic imine (C=N–C) groups is 1. The number of aryl methyl sites for hydroxylation is 2. The number of carbonyl (C=O) groups is 1. The van der Waals surface area contributed by atoms with Gasteiger partial charge in [-0.1, -0.05) is 59.2 Å². The first-order valence-corrected chi connectivity index (χ1v) is 13.0. The predicted molar refractivity (Wildman–Crippen MR) is 149 cm³/mol. The number of fused-ring (bicyclic) bond motifs is 2. The summed E-state index contributed by atoms with van der Waals surface area (Å²) in [6.45, 7) is 3.94. The lowest BCUT2D eigenvalue weighted by atomic mass is 9.99. The van der Waals surface area contributed by atoms with Crippen molar-refractivity contribution >= 4 is 59.6 Å². The molecule has 5 rings (SSSR count). The molecule has 0 fully saturated rings. The minimum atomic E-state index is -4.47. The molecule has 0 saturated carbocycles. The molecule has 2 amide bonds. The molecule has 1 heterocycles. The molecular formula is C28H21ClF3N5OS. The molecule has 1 unspecified atom stereocenters. The molecule has 3 aromatic rings. The van der Waals surface area contributed by atoms with Crippen LogP contribution in [0.4, 0.5) is 23.7 Å². The van der Waals surface area contributed by atoms with Crippen LogP contribution in [0.25, 0.3) is 18.0 Å². The second-order valence-corrected chi connectivity index (χ2v) is 10.2. The second kappa shape index (κ2) is 10.7. The fraction of sp³-hybridized carbons (Fsp3) is 0.143. The van der Waals surface area contributed by atoms with Gasteiger partial charge in [0, 0.05) is 10.1 Å². The Hall–Kier alpha value is -3.89. The number of anilines is 1. The molecular weight excluding hydrogens is 547 g/mol. The maximum Gasteiger partial charge on any atom is 0.416 e. The maximum atomic E-state index is 13.0. The second-order valence-electron chi connectivity index (χ2n) is 8.93. The first kappa shape index (κ1) is 26.7. The van der Waals surface area contributed by atoms with E-state index in [1.54, 1.807) is 11.2 Å². The van der Waals surface area contributed by atoms with Crippen LogP contribution in [-0.2, 0) is 6.18 Å². The average molecular weight is 568 g/mol. The highest BCUT2D eigenvalue weighted by Crippen LogP contribution is 2.38. The van der Waals surface area contributed by atoms with E-state index in [0.29, 0.717) is 5.69 Å². The number of hydrogen-bond donors (Lipinski definition) is 1. The molecule has 6 nitrogen and oxygen atoms in total. The summed E-state index contributed by atoms with van der Waals surface area (Å²) < 4.78 is 41.8. The summed E-state index contributed by atoms with van der Waals surface area (Å²) in [5.74, 6) is 0. The van der Waals surface area contributed by atoms with E-state index in [0.717, 1.165) is 49.9 Å². The van der Waals surface area contributed by atoms with Crippen molar-refractivity contribution in [1.82, 2.24) is 4.72 Å². The summed E-state index contributed by atoms with van der Waals surface area (Å²) in [5, 5.41) is 9.21. The molecule has 0 aromatic heterocycles. The van der Waals surface area contributed by atoms with Crippen LogP contribution in [0.2, 0.25) is 5.02 Å². The summed E-state index contributed by atoms with van der Waals surface area (Å²) in [6, 6.07) is 13.9. The molecule has 0 spiro atoms. The van der Waals surface area contributed by atoms with Gasteiger partial charge in [-0.15, -0.1) is 0 Å². The first-order valence-electron chi connectivity index (χ1n) is 11.8. The minimum Gasteiger partial charge on any atom is -0.318 e. The average Bonchev–Trinajstić information content (AvgIpc) is 3.32. The quantitative estimate of drug-likeness (QED) is 0.284. The number of urea groups is 1. The molecule has 0 saturated heterocycles. The van der Waals surface area contributed by atoms with Crippen LogP contribution in [0.15, 0.2) is 80.8 Å². The van der Waals surface area contributed by atoms with Crippen LogP contribution in [-0.4, -0.2) is 18.4 Å². The number of nitrogens with one attached hydrogen (secondary N) is 1. The molecule has 0 bridgehead atoms. The largest absolute Gasteiger partial charge is 0.416 e. The summed E-state index contributed by atoms with van der Waals surface area (Å²) >= 11 is 7.42. The van der Waals surface area contributed by atoms with E-state index in [1.165, 1.54) is 24.2 Å². The SMILES string of the molecule is Cc1cccc(C)c1SNC(=O)/N=N\C=c1/ccc2c(c1)C=CC1C=2N=CN1c1ccc(C(F)(F)F)cc1Cl. The highest BCUT2D eigenvalue weighted by molar-refractivity contribution is 7.98. The number of nitrogens with zero attached hydrogens (tertiary/aromatic N) is 4. The Morgan fingerprint density at radius 1 is 1.13 bits per heavy atom. The van der Waals surface area contributed by atoms with Crippen LogP contribution < -0.4 is 20.1 Å². The van der Waals surface area contributed by atoms with Gasteiger partial charge in [-0.05, 0) is 72.0 Å². The van der Waals surface area contributed by atoms with Gasteiger partial charge in [-0.2, -0.15) is 18.3 Å². The smallest absolute Gasteiger partial charge is 0.318 e. The van der Waals surface area contributed by atoms with E-state index in [4.69, 9.17) is 11.6 Å². The van der Waals surface area contributed by atoms with Crippen LogP contribution in [0.5, 0.6) is 0 Å². The summed E-state index contributed by atoms with van der Waals surface area (Å²) in [4.78, 5) is 19.3. The third-order valence-corrected chi connectivity index (χ3v) is 7.70. The Balaban J connectivity index is 1.31. The Labute approximate surface area is 231 Å². The van der Waals surface area contributed by atoms with Crippen molar-refractivity contribution in [2.45, 2.75) is 31.0 Å². The van der Waals surface area contributed by atoms with E-state index in [-0.39, 0.29) is 11.1 Å². The Morgan fingerprint density at radius 2 is 1.90 bits per heavy atom. The molecule has 1 N–H and O–H groups in total. The summed E-state index contributed by atoms with van der Waals surface area (Å²) in [6.07, 6.45) is 2.39. The zero-order valence-corrected chi connectivity index (χ0v) is 22.3. The topological polar surface area (TPSA) is 69.4 Å². The molecule has 1 atom stereocenters. The number of benzene rings is 3. The number of alkyl halides is 3. The number of carbonyl (C=O) groups excluding carboxylic acids is 1. The van der Waals surface area contributed by atoms with E-state index < -0.39 is 17.8 Å². The fourth-order valence-corrected chi connectivity index (χ4v) is 5.34. The number of azo groups is 1. The first-order chi connectivity index (χ1) is 18.6. The molecule has 1 aliphatic carbocycles. The van der Waals surface area contributed by atoms with Gasteiger partial charge in [0.05, 0.1) is 40.6 Å². The van der Waals surface area contributed by atoms with Gasteiger partial charge in [0.1, 0.15) is 0 Å². The lowest BCUT2D eigenvalue weighted by molar-refractivity contribution is -0.137. The molecule has 11 heteroatoms. The van der Waals surface area contributed by atoms with Gasteiger partial charge in [-0.3, -0.25) is 4.72 Å². The number of rotatable bonds is 4. The number of hydrogen-bond acceptors (Lipinski definition) is 5. The zero-order valence-electron chi connectivity index (χ0n) is 20.7. The van der Waals surface area contributed by atoms with Gasteiger partial charge in [-0.25, -0.2) is 9.79 Å². The van der Waals surface area contributed by atoms with Crippen molar-refractivity contribution in [3.63, 3.8) is 0 Å². The van der Waals surface area contributed by atoms with Gasteiger partial charge in [0.2, 0.25) is 0 Å². The predicted octanol–water partition coefficient (Wildman–Crippen LogP) is 6.63. The van der Waals surface area contributed by atoms with Gasteiger partial charge < -0.3 is 4.90 Å². The van der Waals surface area contributed by atoms with E-state index >= 15 is 0 Å². The summed E-state index contributed by atoms with van der Waals surface area (Å²) in [5.41, 5.74) is 3.38. The normalized spacial score (nSPS) is 16.7.